The van der Waals surface area contributed by atoms with Gasteiger partial charge in [-0.05, 0) is 36.7 Å². The molecule has 0 aliphatic carbocycles. The van der Waals surface area contributed by atoms with Crippen LogP contribution in [0.1, 0.15) is 25.8 Å². The Balaban J connectivity index is 2.18. The molecule has 0 heterocycles. The zero-order chi connectivity index (χ0) is 12.7. The highest BCUT2D eigenvalue weighted by molar-refractivity contribution is 9.10. The SMILES string of the molecule is CC(C)NCCCOCc1cc(F)cc(Br)c1. The van der Waals surface area contributed by atoms with Crippen molar-refractivity contribution in [2.75, 3.05) is 13.2 Å². The van der Waals surface area contributed by atoms with Crippen LogP contribution in [0.25, 0.3) is 0 Å². The van der Waals surface area contributed by atoms with Crippen molar-refractivity contribution in [2.24, 2.45) is 0 Å². The van der Waals surface area contributed by atoms with Gasteiger partial charge in [0.25, 0.3) is 0 Å². The van der Waals surface area contributed by atoms with Gasteiger partial charge in [-0.25, -0.2) is 4.39 Å². The Bertz CT molecular complexity index is 324. The molecule has 2 nitrogen and oxygen atoms in total. The summed E-state index contributed by atoms with van der Waals surface area (Å²) in [6.07, 6.45) is 0.967. The standard InChI is InChI=1S/C13H19BrFNO/c1-10(2)16-4-3-5-17-9-11-6-12(14)8-13(15)7-11/h6-8,10,16H,3-5,9H2,1-2H3. The number of nitrogens with one attached hydrogen (secondary N) is 1. The van der Waals surface area contributed by atoms with Crippen molar-refractivity contribution in [3.05, 3.63) is 34.1 Å². The maximum atomic E-state index is 13.1. The quantitative estimate of drug-likeness (QED) is 0.779. The summed E-state index contributed by atoms with van der Waals surface area (Å²) < 4.78 is 19.3. The van der Waals surface area contributed by atoms with E-state index >= 15 is 0 Å². The average Bonchev–Trinajstić information content (AvgIpc) is 2.21. The van der Waals surface area contributed by atoms with Crippen molar-refractivity contribution in [3.8, 4) is 0 Å². The average molecular weight is 304 g/mol. The predicted molar refractivity (Wildman–Crippen MR) is 71.5 cm³/mol. The molecule has 4 heteroatoms. The Morgan fingerprint density at radius 1 is 1.35 bits per heavy atom. The molecule has 1 rings (SSSR count). The Morgan fingerprint density at radius 3 is 2.76 bits per heavy atom. The summed E-state index contributed by atoms with van der Waals surface area (Å²) in [7, 11) is 0. The predicted octanol–water partition coefficient (Wildman–Crippen LogP) is 3.49. The van der Waals surface area contributed by atoms with Crippen LogP contribution in [-0.2, 0) is 11.3 Å². The minimum Gasteiger partial charge on any atom is -0.377 e. The number of ether oxygens (including phenoxy) is 1. The Labute approximate surface area is 111 Å². The second-order valence-corrected chi connectivity index (χ2v) is 5.21. The molecule has 0 amide bonds. The molecule has 0 saturated heterocycles. The van der Waals surface area contributed by atoms with Crippen LogP contribution in [0.15, 0.2) is 22.7 Å². The number of rotatable bonds is 7. The molecule has 0 spiro atoms. The molecule has 0 aromatic heterocycles. The summed E-state index contributed by atoms with van der Waals surface area (Å²) in [4.78, 5) is 0. The normalized spacial score (nSPS) is 11.1. The molecule has 0 radical (unpaired) electrons. The second-order valence-electron chi connectivity index (χ2n) is 4.29. The molecule has 0 saturated carbocycles. The van der Waals surface area contributed by atoms with E-state index in [1.54, 1.807) is 0 Å². The smallest absolute Gasteiger partial charge is 0.124 e. The van der Waals surface area contributed by atoms with Crippen LogP contribution in [0.3, 0.4) is 0 Å². The zero-order valence-electron chi connectivity index (χ0n) is 10.3. The van der Waals surface area contributed by atoms with Crippen LogP contribution in [0, 0.1) is 5.82 Å². The lowest BCUT2D eigenvalue weighted by Gasteiger charge is -2.08. The third kappa shape index (κ3) is 6.76. The molecule has 0 bridgehead atoms. The van der Waals surface area contributed by atoms with Crippen molar-refractivity contribution in [3.63, 3.8) is 0 Å². The first-order valence-corrected chi connectivity index (χ1v) is 6.63. The van der Waals surface area contributed by atoms with Crippen molar-refractivity contribution < 1.29 is 9.13 Å². The molecule has 1 N–H and O–H groups in total. The topological polar surface area (TPSA) is 21.3 Å². The first kappa shape index (κ1) is 14.6. The molecule has 1 aromatic rings. The van der Waals surface area contributed by atoms with Gasteiger partial charge in [-0.1, -0.05) is 29.8 Å². The Morgan fingerprint density at radius 2 is 2.12 bits per heavy atom. The first-order valence-electron chi connectivity index (χ1n) is 5.84. The van der Waals surface area contributed by atoms with Gasteiger partial charge >= 0.3 is 0 Å². The van der Waals surface area contributed by atoms with Gasteiger partial charge in [0.15, 0.2) is 0 Å². The molecule has 0 atom stereocenters. The van der Waals surface area contributed by atoms with Crippen LogP contribution in [-0.4, -0.2) is 19.2 Å². The van der Waals surface area contributed by atoms with Crippen molar-refractivity contribution >= 4 is 15.9 Å². The fourth-order valence-corrected chi connectivity index (χ4v) is 1.96. The van der Waals surface area contributed by atoms with Gasteiger partial charge in [0.2, 0.25) is 0 Å². The maximum absolute atomic E-state index is 13.1. The van der Waals surface area contributed by atoms with E-state index < -0.39 is 0 Å². The van der Waals surface area contributed by atoms with Gasteiger partial charge in [0, 0.05) is 17.1 Å². The minimum atomic E-state index is -0.237. The summed E-state index contributed by atoms with van der Waals surface area (Å²) in [5, 5.41) is 3.31. The fourth-order valence-electron chi connectivity index (χ4n) is 1.45. The molecule has 0 aliphatic rings. The molecule has 96 valence electrons. The number of halogens is 2. The second kappa shape index (κ2) is 7.80. The van der Waals surface area contributed by atoms with Crippen LogP contribution >= 0.6 is 15.9 Å². The van der Waals surface area contributed by atoms with Gasteiger partial charge in [-0.3, -0.25) is 0 Å². The zero-order valence-corrected chi connectivity index (χ0v) is 11.9. The van der Waals surface area contributed by atoms with Gasteiger partial charge in [-0.2, -0.15) is 0 Å². The lowest BCUT2D eigenvalue weighted by atomic mass is 10.2. The molecule has 0 fully saturated rings. The number of hydrogen-bond donors (Lipinski definition) is 1. The van der Waals surface area contributed by atoms with Crippen molar-refractivity contribution in [1.29, 1.82) is 0 Å². The summed E-state index contributed by atoms with van der Waals surface area (Å²) in [6, 6.07) is 5.32. The molecule has 0 unspecified atom stereocenters. The van der Waals surface area contributed by atoms with Gasteiger partial charge < -0.3 is 10.1 Å². The highest BCUT2D eigenvalue weighted by Crippen LogP contribution is 2.15. The third-order valence-electron chi connectivity index (χ3n) is 2.21. The molecular formula is C13H19BrFNO. The Kier molecular flexibility index (Phi) is 6.70. The highest BCUT2D eigenvalue weighted by Gasteiger charge is 1.99. The van der Waals surface area contributed by atoms with Crippen LogP contribution in [0.5, 0.6) is 0 Å². The van der Waals surface area contributed by atoms with E-state index in [0.717, 1.165) is 23.0 Å². The summed E-state index contributed by atoms with van der Waals surface area (Å²) in [6.45, 7) is 6.33. The molecule has 17 heavy (non-hydrogen) atoms. The molecular weight excluding hydrogens is 285 g/mol. The van der Waals surface area contributed by atoms with E-state index in [2.05, 4.69) is 35.1 Å². The summed E-state index contributed by atoms with van der Waals surface area (Å²) >= 11 is 3.26. The first-order chi connectivity index (χ1) is 8.08. The minimum absolute atomic E-state index is 0.237. The van der Waals surface area contributed by atoms with Gasteiger partial charge in [-0.15, -0.1) is 0 Å². The van der Waals surface area contributed by atoms with E-state index in [-0.39, 0.29) is 5.82 Å². The largest absolute Gasteiger partial charge is 0.377 e. The fraction of sp³-hybridized carbons (Fsp3) is 0.538. The van der Waals surface area contributed by atoms with Crippen molar-refractivity contribution in [2.45, 2.75) is 32.9 Å². The molecule has 0 aliphatic heterocycles. The number of hydrogen-bond acceptors (Lipinski definition) is 2. The van der Waals surface area contributed by atoms with E-state index in [4.69, 9.17) is 4.74 Å². The monoisotopic (exact) mass is 303 g/mol. The number of benzene rings is 1. The van der Waals surface area contributed by atoms with Gasteiger partial charge in [0.1, 0.15) is 5.82 Å². The van der Waals surface area contributed by atoms with Crippen molar-refractivity contribution in [1.82, 2.24) is 5.32 Å². The van der Waals surface area contributed by atoms with E-state index in [9.17, 15) is 4.39 Å². The lowest BCUT2D eigenvalue weighted by Crippen LogP contribution is -2.24. The highest BCUT2D eigenvalue weighted by atomic mass is 79.9. The lowest BCUT2D eigenvalue weighted by molar-refractivity contribution is 0.118. The third-order valence-corrected chi connectivity index (χ3v) is 2.67. The summed E-state index contributed by atoms with van der Waals surface area (Å²) in [5.74, 6) is -0.237. The Hall–Kier alpha value is -0.450. The van der Waals surface area contributed by atoms with Crippen LogP contribution in [0.2, 0.25) is 0 Å². The van der Waals surface area contributed by atoms with Crippen LogP contribution < -0.4 is 5.32 Å². The van der Waals surface area contributed by atoms with E-state index in [0.29, 0.717) is 19.3 Å². The van der Waals surface area contributed by atoms with E-state index in [1.807, 2.05) is 6.07 Å². The van der Waals surface area contributed by atoms with E-state index in [1.165, 1.54) is 12.1 Å². The summed E-state index contributed by atoms with van der Waals surface area (Å²) in [5.41, 5.74) is 0.855. The van der Waals surface area contributed by atoms with Gasteiger partial charge in [0.05, 0.1) is 6.61 Å². The van der Waals surface area contributed by atoms with Crippen LogP contribution in [0.4, 0.5) is 4.39 Å². The molecule has 1 aromatic carbocycles. The maximum Gasteiger partial charge on any atom is 0.124 e.